The molecule has 0 aromatic rings. The number of allylic oxidation sites excluding steroid dienone is 2. The number of carbonyl (C=O) groups is 1. The first-order valence-electron chi connectivity index (χ1n) is 3.49. The van der Waals surface area contributed by atoms with Gasteiger partial charge in [-0.05, 0) is 12.8 Å². The summed E-state index contributed by atoms with van der Waals surface area (Å²) in [5, 5.41) is 6.95. The van der Waals surface area contributed by atoms with Gasteiger partial charge in [-0.1, -0.05) is 5.47 Å². The van der Waals surface area contributed by atoms with Crippen molar-refractivity contribution in [3.8, 4) is 0 Å². The lowest BCUT2D eigenvalue weighted by Crippen LogP contribution is -2.12. The summed E-state index contributed by atoms with van der Waals surface area (Å²) in [5.74, 6) is 0.138. The van der Waals surface area contributed by atoms with Crippen molar-refractivity contribution in [2.45, 2.75) is 19.3 Å². The summed E-state index contributed by atoms with van der Waals surface area (Å²) in [6.07, 6.45) is 3.75. The minimum Gasteiger partial charge on any atom is -0.308 e. The molecule has 0 heterocycles. The maximum absolute atomic E-state index is 11.0. The number of carbonyl (C=O) groups excluding carboxylic acids is 1. The average Bonchev–Trinajstić information content (AvgIpc) is 1.88. The van der Waals surface area contributed by atoms with E-state index in [1.54, 1.807) is 0 Å². The van der Waals surface area contributed by atoms with Gasteiger partial charge in [0.15, 0.2) is 5.78 Å². The molecule has 52 valence electrons. The first-order valence-corrected chi connectivity index (χ1v) is 3.49. The standard InChI is InChI=1S/C7H10BNO/c8-6-2-1-3-7(10)5(6)4-9/h4,9H,1-3,8H2. The van der Waals surface area contributed by atoms with E-state index >= 15 is 0 Å². The van der Waals surface area contributed by atoms with E-state index in [1.807, 2.05) is 7.85 Å². The molecule has 0 saturated heterocycles. The van der Waals surface area contributed by atoms with E-state index in [2.05, 4.69) is 0 Å². The fourth-order valence-electron chi connectivity index (χ4n) is 1.23. The van der Waals surface area contributed by atoms with Gasteiger partial charge in [0.25, 0.3) is 0 Å². The van der Waals surface area contributed by atoms with Gasteiger partial charge in [-0.15, -0.1) is 0 Å². The molecule has 0 aliphatic heterocycles. The van der Waals surface area contributed by atoms with Crippen LogP contribution in [0.5, 0.6) is 0 Å². The molecule has 0 aromatic heterocycles. The molecule has 1 aliphatic rings. The van der Waals surface area contributed by atoms with Gasteiger partial charge in [0.2, 0.25) is 0 Å². The van der Waals surface area contributed by atoms with E-state index in [-0.39, 0.29) is 5.78 Å². The lowest BCUT2D eigenvalue weighted by atomic mass is 9.80. The van der Waals surface area contributed by atoms with Crippen molar-refractivity contribution >= 4 is 19.8 Å². The lowest BCUT2D eigenvalue weighted by molar-refractivity contribution is -0.115. The van der Waals surface area contributed by atoms with Crippen molar-refractivity contribution in [3.05, 3.63) is 11.0 Å². The van der Waals surface area contributed by atoms with Crippen LogP contribution in [0.25, 0.3) is 0 Å². The summed E-state index contributed by atoms with van der Waals surface area (Å²) in [4.78, 5) is 11.0. The van der Waals surface area contributed by atoms with Gasteiger partial charge in [-0.3, -0.25) is 4.79 Å². The second-order valence-corrected chi connectivity index (χ2v) is 2.62. The van der Waals surface area contributed by atoms with Gasteiger partial charge in [0.05, 0.1) is 0 Å². The van der Waals surface area contributed by atoms with Crippen LogP contribution in [0.1, 0.15) is 19.3 Å². The molecule has 1 aliphatic carbocycles. The highest BCUT2D eigenvalue weighted by molar-refractivity contribution is 6.30. The van der Waals surface area contributed by atoms with Gasteiger partial charge < -0.3 is 5.41 Å². The zero-order valence-corrected chi connectivity index (χ0v) is 6.11. The van der Waals surface area contributed by atoms with Crippen molar-refractivity contribution < 1.29 is 4.79 Å². The normalized spacial score (nSPS) is 19.4. The highest BCUT2D eigenvalue weighted by Crippen LogP contribution is 2.17. The molecule has 0 spiro atoms. The van der Waals surface area contributed by atoms with Gasteiger partial charge >= 0.3 is 0 Å². The number of hydrogen-bond acceptors (Lipinski definition) is 2. The van der Waals surface area contributed by atoms with E-state index in [0.717, 1.165) is 18.3 Å². The highest BCUT2D eigenvalue weighted by Gasteiger charge is 2.14. The second kappa shape index (κ2) is 2.82. The first kappa shape index (κ1) is 7.25. The molecule has 10 heavy (non-hydrogen) atoms. The Bertz CT molecular complexity index is 208. The number of nitrogens with one attached hydrogen (secondary N) is 1. The van der Waals surface area contributed by atoms with Crippen molar-refractivity contribution in [1.29, 1.82) is 5.41 Å². The molecule has 1 rings (SSSR count). The Hall–Kier alpha value is -0.855. The Morgan fingerprint density at radius 1 is 1.50 bits per heavy atom. The highest BCUT2D eigenvalue weighted by atomic mass is 16.1. The Morgan fingerprint density at radius 2 is 2.20 bits per heavy atom. The van der Waals surface area contributed by atoms with E-state index in [1.165, 1.54) is 6.21 Å². The van der Waals surface area contributed by atoms with Crippen LogP contribution in [0.15, 0.2) is 11.0 Å². The predicted octanol–water partition coefficient (Wildman–Crippen LogP) is 0.276. The molecule has 0 fully saturated rings. The average molecular weight is 135 g/mol. The van der Waals surface area contributed by atoms with Crippen LogP contribution >= 0.6 is 0 Å². The summed E-state index contributed by atoms with van der Waals surface area (Å²) in [6, 6.07) is 0. The molecule has 3 heteroatoms. The minimum atomic E-state index is 0.138. The van der Waals surface area contributed by atoms with Crippen molar-refractivity contribution in [2.24, 2.45) is 0 Å². The van der Waals surface area contributed by atoms with Crippen molar-refractivity contribution in [3.63, 3.8) is 0 Å². The number of hydrogen-bond donors (Lipinski definition) is 1. The summed E-state index contributed by atoms with van der Waals surface area (Å²) < 4.78 is 0. The van der Waals surface area contributed by atoms with Crippen molar-refractivity contribution in [2.75, 3.05) is 0 Å². The number of rotatable bonds is 1. The monoisotopic (exact) mass is 135 g/mol. The molecular formula is C7H10BNO. The van der Waals surface area contributed by atoms with Gasteiger partial charge in [0.1, 0.15) is 7.85 Å². The fourth-order valence-corrected chi connectivity index (χ4v) is 1.23. The number of Topliss-reactive ketones (excluding diaryl/α,β-unsaturated/α-hetero) is 1. The zero-order valence-electron chi connectivity index (χ0n) is 6.11. The van der Waals surface area contributed by atoms with Crippen LogP contribution in [-0.4, -0.2) is 19.8 Å². The third kappa shape index (κ3) is 1.18. The molecule has 0 amide bonds. The number of ketones is 1. The van der Waals surface area contributed by atoms with Gasteiger partial charge in [-0.25, -0.2) is 0 Å². The Balaban J connectivity index is 2.94. The fraction of sp³-hybridized carbons (Fsp3) is 0.429. The SMILES string of the molecule is BC1=C(C=N)C(=O)CCC1. The topological polar surface area (TPSA) is 40.9 Å². The smallest absolute Gasteiger partial charge is 0.163 e. The Labute approximate surface area is 61.2 Å². The molecule has 0 radical (unpaired) electrons. The molecule has 2 nitrogen and oxygen atoms in total. The summed E-state index contributed by atoms with van der Waals surface area (Å²) in [7, 11) is 1.93. The molecule has 0 saturated carbocycles. The van der Waals surface area contributed by atoms with Crippen LogP contribution in [0, 0.1) is 5.41 Å². The molecule has 1 N–H and O–H groups in total. The quantitative estimate of drug-likeness (QED) is 0.407. The third-order valence-electron chi connectivity index (χ3n) is 1.86. The summed E-state index contributed by atoms with van der Waals surface area (Å²) in [6.45, 7) is 0. The van der Waals surface area contributed by atoms with Crippen LogP contribution in [-0.2, 0) is 4.79 Å². The van der Waals surface area contributed by atoms with Gasteiger partial charge in [-0.2, -0.15) is 0 Å². The van der Waals surface area contributed by atoms with E-state index in [0.29, 0.717) is 12.0 Å². The van der Waals surface area contributed by atoms with Crippen LogP contribution in [0.2, 0.25) is 0 Å². The Kier molecular flexibility index (Phi) is 2.04. The lowest BCUT2D eigenvalue weighted by Gasteiger charge is -2.12. The molecule has 0 aromatic carbocycles. The summed E-state index contributed by atoms with van der Waals surface area (Å²) >= 11 is 0. The maximum atomic E-state index is 11.0. The Morgan fingerprint density at radius 3 is 2.60 bits per heavy atom. The molecular weight excluding hydrogens is 125 g/mol. The van der Waals surface area contributed by atoms with E-state index in [4.69, 9.17) is 5.41 Å². The maximum Gasteiger partial charge on any atom is 0.163 e. The second-order valence-electron chi connectivity index (χ2n) is 2.62. The zero-order chi connectivity index (χ0) is 7.56. The van der Waals surface area contributed by atoms with Crippen LogP contribution < -0.4 is 0 Å². The van der Waals surface area contributed by atoms with Gasteiger partial charge in [0, 0.05) is 18.2 Å². The molecule has 0 unspecified atom stereocenters. The van der Waals surface area contributed by atoms with Crippen LogP contribution in [0.3, 0.4) is 0 Å². The van der Waals surface area contributed by atoms with Crippen LogP contribution in [0.4, 0.5) is 0 Å². The van der Waals surface area contributed by atoms with E-state index < -0.39 is 0 Å². The predicted molar refractivity (Wildman–Crippen MR) is 43.2 cm³/mol. The molecule has 0 atom stereocenters. The minimum absolute atomic E-state index is 0.138. The molecule has 0 bridgehead atoms. The first-order chi connectivity index (χ1) is 4.75. The largest absolute Gasteiger partial charge is 0.308 e. The van der Waals surface area contributed by atoms with Crippen molar-refractivity contribution in [1.82, 2.24) is 0 Å². The third-order valence-corrected chi connectivity index (χ3v) is 1.86. The van der Waals surface area contributed by atoms with E-state index in [9.17, 15) is 4.79 Å². The summed E-state index contributed by atoms with van der Waals surface area (Å²) in [5.41, 5.74) is 1.71.